The van der Waals surface area contributed by atoms with Crippen LogP contribution in [0.5, 0.6) is 0 Å². The topological polar surface area (TPSA) is 105 Å². The summed E-state index contributed by atoms with van der Waals surface area (Å²) < 4.78 is 0. The number of primary amides is 1. The molecule has 1 aliphatic heterocycles. The number of hydrogen-bond donors (Lipinski definition) is 3. The summed E-state index contributed by atoms with van der Waals surface area (Å²) in [4.78, 5) is 38.7. The Kier molecular flexibility index (Phi) is 9.64. The molecule has 1 aliphatic rings. The molecule has 2 atom stereocenters. The summed E-state index contributed by atoms with van der Waals surface area (Å²) in [5.41, 5.74) is 7.21. The molecule has 0 aromatic heterocycles. The average molecular weight is 417 g/mol. The smallest absolute Gasteiger partial charge is 0.312 e. The molecule has 166 valence electrons. The van der Waals surface area contributed by atoms with E-state index in [0.29, 0.717) is 19.6 Å². The molecule has 2 unspecified atom stereocenters. The number of nitrogens with one attached hydrogen (secondary N) is 2. The van der Waals surface area contributed by atoms with Crippen molar-refractivity contribution >= 4 is 17.8 Å². The van der Waals surface area contributed by atoms with Crippen LogP contribution in [0.2, 0.25) is 0 Å². The van der Waals surface area contributed by atoms with Crippen molar-refractivity contribution in [2.75, 3.05) is 19.6 Å². The lowest BCUT2D eigenvalue weighted by atomic mass is 9.95. The lowest BCUT2D eigenvalue weighted by Crippen LogP contribution is -2.46. The molecule has 1 aromatic rings. The zero-order chi connectivity index (χ0) is 21.9. The second-order valence-electron chi connectivity index (χ2n) is 8.15. The molecule has 0 spiro atoms. The number of aryl methyl sites for hydroxylation is 1. The molecule has 1 fully saturated rings. The van der Waals surface area contributed by atoms with E-state index in [1.807, 2.05) is 31.2 Å². The SMILES string of the molecule is CCCCCCNC(=O)C1CCCN(C(=O)CC(NC(N)=O)c2ccccc2C)C1. The summed E-state index contributed by atoms with van der Waals surface area (Å²) in [6, 6.07) is 6.49. The Balaban J connectivity index is 1.93. The van der Waals surface area contributed by atoms with Gasteiger partial charge in [-0.15, -0.1) is 0 Å². The lowest BCUT2D eigenvalue weighted by Gasteiger charge is -2.33. The number of likely N-dealkylation sites (tertiary alicyclic amines) is 1. The maximum atomic E-state index is 13.0. The first-order valence-corrected chi connectivity index (χ1v) is 11.1. The predicted octanol–water partition coefficient (Wildman–Crippen LogP) is 3.03. The Morgan fingerprint density at radius 3 is 2.67 bits per heavy atom. The molecule has 4 amide bonds. The Morgan fingerprint density at radius 2 is 1.97 bits per heavy atom. The van der Waals surface area contributed by atoms with Crippen molar-refractivity contribution in [2.45, 2.75) is 64.8 Å². The van der Waals surface area contributed by atoms with Crippen LogP contribution in [0.4, 0.5) is 4.79 Å². The third kappa shape index (κ3) is 7.35. The molecule has 0 aliphatic carbocycles. The van der Waals surface area contributed by atoms with E-state index in [4.69, 9.17) is 5.73 Å². The average Bonchev–Trinajstić information content (AvgIpc) is 2.73. The third-order valence-electron chi connectivity index (χ3n) is 5.73. The zero-order valence-electron chi connectivity index (χ0n) is 18.3. The Morgan fingerprint density at radius 1 is 1.20 bits per heavy atom. The van der Waals surface area contributed by atoms with Gasteiger partial charge in [0.25, 0.3) is 0 Å². The summed E-state index contributed by atoms with van der Waals surface area (Å²) in [6.45, 7) is 5.86. The molecular formula is C23H36N4O3. The standard InChI is InChI=1S/C23H36N4O3/c1-3-4-5-8-13-25-22(29)18-11-9-14-27(16-18)21(28)15-20(26-23(24)30)19-12-7-6-10-17(19)2/h6-7,10,12,18,20H,3-5,8-9,11,13-16H2,1-2H3,(H,25,29)(H3,24,26,30). The van der Waals surface area contributed by atoms with Crippen molar-refractivity contribution in [1.82, 2.24) is 15.5 Å². The second kappa shape index (κ2) is 12.2. The minimum absolute atomic E-state index is 0.0368. The molecule has 2 rings (SSSR count). The zero-order valence-corrected chi connectivity index (χ0v) is 18.3. The van der Waals surface area contributed by atoms with Crippen molar-refractivity contribution in [3.8, 4) is 0 Å². The van der Waals surface area contributed by atoms with Gasteiger partial charge in [-0.2, -0.15) is 0 Å². The molecular weight excluding hydrogens is 380 g/mol. The van der Waals surface area contributed by atoms with Crippen LogP contribution in [0.3, 0.4) is 0 Å². The van der Waals surface area contributed by atoms with Crippen molar-refractivity contribution in [2.24, 2.45) is 11.7 Å². The van der Waals surface area contributed by atoms with Crippen LogP contribution in [0, 0.1) is 12.8 Å². The largest absolute Gasteiger partial charge is 0.356 e. The predicted molar refractivity (Wildman–Crippen MR) is 118 cm³/mol. The highest BCUT2D eigenvalue weighted by atomic mass is 16.2. The first kappa shape index (κ1) is 23.7. The number of piperidine rings is 1. The number of carbonyl (C=O) groups is 3. The van der Waals surface area contributed by atoms with Gasteiger partial charge in [0.1, 0.15) is 0 Å². The number of unbranched alkanes of at least 4 members (excludes halogenated alkanes) is 3. The van der Waals surface area contributed by atoms with E-state index in [2.05, 4.69) is 17.6 Å². The van der Waals surface area contributed by atoms with Gasteiger partial charge >= 0.3 is 6.03 Å². The van der Waals surface area contributed by atoms with Crippen molar-refractivity contribution in [3.05, 3.63) is 35.4 Å². The van der Waals surface area contributed by atoms with Gasteiger partial charge in [-0.1, -0.05) is 50.5 Å². The molecule has 4 N–H and O–H groups in total. The highest BCUT2D eigenvalue weighted by Gasteiger charge is 2.30. The fraction of sp³-hybridized carbons (Fsp3) is 0.609. The molecule has 7 heteroatoms. The fourth-order valence-corrected chi connectivity index (χ4v) is 4.02. The highest BCUT2D eigenvalue weighted by molar-refractivity contribution is 5.82. The second-order valence-corrected chi connectivity index (χ2v) is 8.15. The number of amides is 4. The highest BCUT2D eigenvalue weighted by Crippen LogP contribution is 2.24. The minimum atomic E-state index is -0.657. The number of benzene rings is 1. The van der Waals surface area contributed by atoms with Crippen LogP contribution in [0.15, 0.2) is 24.3 Å². The minimum Gasteiger partial charge on any atom is -0.356 e. The van der Waals surface area contributed by atoms with Crippen LogP contribution in [0.1, 0.15) is 69.0 Å². The van der Waals surface area contributed by atoms with E-state index >= 15 is 0 Å². The lowest BCUT2D eigenvalue weighted by molar-refractivity contribution is -0.136. The Hall–Kier alpha value is -2.57. The van der Waals surface area contributed by atoms with Crippen LogP contribution in [-0.2, 0) is 9.59 Å². The van der Waals surface area contributed by atoms with E-state index in [-0.39, 0.29) is 24.2 Å². The van der Waals surface area contributed by atoms with Crippen molar-refractivity contribution < 1.29 is 14.4 Å². The quantitative estimate of drug-likeness (QED) is 0.511. The normalized spacial score (nSPS) is 17.3. The summed E-state index contributed by atoms with van der Waals surface area (Å²) in [6.07, 6.45) is 6.19. The van der Waals surface area contributed by atoms with Crippen molar-refractivity contribution in [3.63, 3.8) is 0 Å². The number of nitrogens with zero attached hydrogens (tertiary/aromatic N) is 1. The van der Waals surface area contributed by atoms with E-state index in [1.165, 1.54) is 12.8 Å². The van der Waals surface area contributed by atoms with Crippen LogP contribution < -0.4 is 16.4 Å². The van der Waals surface area contributed by atoms with Gasteiger partial charge in [0.2, 0.25) is 11.8 Å². The maximum Gasteiger partial charge on any atom is 0.312 e. The molecule has 0 bridgehead atoms. The van der Waals surface area contributed by atoms with E-state index in [9.17, 15) is 14.4 Å². The molecule has 0 radical (unpaired) electrons. The fourth-order valence-electron chi connectivity index (χ4n) is 4.02. The van der Waals surface area contributed by atoms with Gasteiger partial charge in [-0.05, 0) is 37.3 Å². The first-order chi connectivity index (χ1) is 14.4. The molecule has 1 aromatic carbocycles. The van der Waals surface area contributed by atoms with Crippen molar-refractivity contribution in [1.29, 1.82) is 0 Å². The number of rotatable bonds is 10. The number of carbonyl (C=O) groups excluding carboxylic acids is 3. The maximum absolute atomic E-state index is 13.0. The van der Waals surface area contributed by atoms with E-state index in [0.717, 1.165) is 36.8 Å². The molecule has 1 saturated heterocycles. The summed E-state index contributed by atoms with van der Waals surface area (Å²) >= 11 is 0. The van der Waals surface area contributed by atoms with Crippen LogP contribution >= 0.6 is 0 Å². The van der Waals surface area contributed by atoms with Gasteiger partial charge in [-0.3, -0.25) is 9.59 Å². The first-order valence-electron chi connectivity index (χ1n) is 11.1. The molecule has 7 nitrogen and oxygen atoms in total. The molecule has 30 heavy (non-hydrogen) atoms. The summed E-state index contributed by atoms with van der Waals surface area (Å²) in [5, 5.41) is 5.72. The molecule has 0 saturated carbocycles. The number of nitrogens with two attached hydrogens (primary N) is 1. The third-order valence-corrected chi connectivity index (χ3v) is 5.73. The van der Waals surface area contributed by atoms with Crippen LogP contribution in [0.25, 0.3) is 0 Å². The summed E-state index contributed by atoms with van der Waals surface area (Å²) in [5.74, 6) is -0.206. The Labute approximate surface area is 179 Å². The van der Waals surface area contributed by atoms with Gasteiger partial charge in [0.15, 0.2) is 0 Å². The summed E-state index contributed by atoms with van der Waals surface area (Å²) in [7, 11) is 0. The number of urea groups is 1. The van der Waals surface area contributed by atoms with Gasteiger partial charge in [0, 0.05) is 19.6 Å². The van der Waals surface area contributed by atoms with Gasteiger partial charge in [-0.25, -0.2) is 4.79 Å². The van der Waals surface area contributed by atoms with E-state index < -0.39 is 12.1 Å². The van der Waals surface area contributed by atoms with E-state index in [1.54, 1.807) is 4.90 Å². The van der Waals surface area contributed by atoms with Crippen LogP contribution in [-0.4, -0.2) is 42.4 Å². The van der Waals surface area contributed by atoms with Gasteiger partial charge < -0.3 is 21.3 Å². The Bertz CT molecular complexity index is 722. The molecule has 1 heterocycles. The van der Waals surface area contributed by atoms with Gasteiger partial charge in [0.05, 0.1) is 18.4 Å². The monoisotopic (exact) mass is 416 g/mol. The number of hydrogen-bond acceptors (Lipinski definition) is 3.